The third-order valence-electron chi connectivity index (χ3n) is 0.977. The molecule has 0 amide bonds. The Balaban J connectivity index is 2.81. The van der Waals surface area contributed by atoms with E-state index >= 15 is 0 Å². The molecule has 50 valence electrons. The fourth-order valence-corrected chi connectivity index (χ4v) is 1.06. The van der Waals surface area contributed by atoms with Crippen molar-refractivity contribution in [3.8, 4) is 5.40 Å². The number of rotatable bonds is 1. The zero-order valence-corrected chi connectivity index (χ0v) is 6.62. The molecule has 0 atom stereocenters. The van der Waals surface area contributed by atoms with Crippen LogP contribution in [0.1, 0.15) is 0 Å². The number of nitriles is 1. The highest BCUT2D eigenvalue weighted by molar-refractivity contribution is 8.03. The second-order valence-corrected chi connectivity index (χ2v) is 2.94. The summed E-state index contributed by atoms with van der Waals surface area (Å²) in [6.07, 6.45) is 0. The number of halogens is 1. The molecule has 0 bridgehead atoms. The van der Waals surface area contributed by atoms with Crippen molar-refractivity contribution in [1.29, 1.82) is 5.26 Å². The second-order valence-electron chi connectivity index (χ2n) is 1.65. The van der Waals surface area contributed by atoms with Crippen LogP contribution in [0.2, 0.25) is 5.02 Å². The van der Waals surface area contributed by atoms with Crippen molar-refractivity contribution in [2.45, 2.75) is 4.90 Å². The minimum absolute atomic E-state index is 0.697. The Labute approximate surface area is 68.6 Å². The highest BCUT2D eigenvalue weighted by Gasteiger charge is 1.90. The topological polar surface area (TPSA) is 23.8 Å². The van der Waals surface area contributed by atoms with Crippen molar-refractivity contribution < 1.29 is 0 Å². The van der Waals surface area contributed by atoms with E-state index in [2.05, 4.69) is 0 Å². The van der Waals surface area contributed by atoms with E-state index in [4.69, 9.17) is 16.9 Å². The molecule has 0 aromatic heterocycles. The molecule has 0 unspecified atom stereocenters. The van der Waals surface area contributed by atoms with E-state index in [1.54, 1.807) is 12.1 Å². The number of thioether (sulfide) groups is 1. The highest BCUT2D eigenvalue weighted by atomic mass is 35.5. The number of benzene rings is 1. The Bertz CT molecular complexity index is 249. The predicted octanol–water partition coefficient (Wildman–Crippen LogP) is 2.91. The van der Waals surface area contributed by atoms with Gasteiger partial charge in [-0.25, -0.2) is 0 Å². The maximum Gasteiger partial charge on any atom is 0.138 e. The zero-order chi connectivity index (χ0) is 7.40. The van der Waals surface area contributed by atoms with Gasteiger partial charge in [0.1, 0.15) is 5.40 Å². The van der Waals surface area contributed by atoms with Gasteiger partial charge in [-0.05, 0) is 36.0 Å². The lowest BCUT2D eigenvalue weighted by atomic mass is 10.4. The number of hydrogen-bond acceptors (Lipinski definition) is 2. The van der Waals surface area contributed by atoms with E-state index in [0.29, 0.717) is 5.02 Å². The summed E-state index contributed by atoms with van der Waals surface area (Å²) in [5.41, 5.74) is 0. The van der Waals surface area contributed by atoms with Crippen LogP contribution in [0.3, 0.4) is 0 Å². The van der Waals surface area contributed by atoms with Crippen molar-refractivity contribution >= 4 is 23.4 Å². The van der Waals surface area contributed by atoms with Crippen LogP contribution in [0.5, 0.6) is 0 Å². The molecule has 10 heavy (non-hydrogen) atoms. The average molecular weight is 170 g/mol. The highest BCUT2D eigenvalue weighted by Crippen LogP contribution is 2.18. The minimum Gasteiger partial charge on any atom is -0.185 e. The molecule has 0 heterocycles. The first-order valence-electron chi connectivity index (χ1n) is 2.64. The molecule has 0 radical (unpaired) electrons. The van der Waals surface area contributed by atoms with Gasteiger partial charge >= 0.3 is 0 Å². The normalized spacial score (nSPS) is 8.80. The number of nitrogens with zero attached hydrogens (tertiary/aromatic N) is 1. The molecule has 0 saturated carbocycles. The fourth-order valence-electron chi connectivity index (χ4n) is 0.555. The summed E-state index contributed by atoms with van der Waals surface area (Å²) in [4.78, 5) is 0.923. The molecule has 0 N–H and O–H groups in total. The molecule has 0 spiro atoms. The van der Waals surface area contributed by atoms with Crippen LogP contribution in [0.4, 0.5) is 0 Å². The van der Waals surface area contributed by atoms with Crippen LogP contribution in [0, 0.1) is 10.7 Å². The van der Waals surface area contributed by atoms with Crippen LogP contribution < -0.4 is 0 Å². The van der Waals surface area contributed by atoms with Gasteiger partial charge < -0.3 is 0 Å². The first-order valence-corrected chi connectivity index (χ1v) is 3.84. The van der Waals surface area contributed by atoms with Gasteiger partial charge in [0.25, 0.3) is 0 Å². The molecular formula is C7H4ClNS. The van der Waals surface area contributed by atoms with E-state index < -0.39 is 0 Å². The summed E-state index contributed by atoms with van der Waals surface area (Å²) in [5, 5.41) is 10.9. The maximum atomic E-state index is 8.27. The summed E-state index contributed by atoms with van der Waals surface area (Å²) in [6, 6.07) is 7.16. The molecule has 0 aliphatic carbocycles. The lowest BCUT2D eigenvalue weighted by Gasteiger charge is -1.90. The smallest absolute Gasteiger partial charge is 0.138 e. The van der Waals surface area contributed by atoms with Gasteiger partial charge in [0, 0.05) is 9.92 Å². The summed E-state index contributed by atoms with van der Waals surface area (Å²) in [5.74, 6) is 0. The fraction of sp³-hybridized carbons (Fsp3) is 0. The quantitative estimate of drug-likeness (QED) is 0.477. The number of hydrogen-bond donors (Lipinski definition) is 0. The average Bonchev–Trinajstić information content (AvgIpc) is 1.95. The SMILES string of the molecule is N#CSc1ccc(Cl)cc1. The van der Waals surface area contributed by atoms with Crippen molar-refractivity contribution in [3.63, 3.8) is 0 Å². The number of thiocyanates is 1. The van der Waals surface area contributed by atoms with Crippen LogP contribution in [0.15, 0.2) is 29.2 Å². The van der Waals surface area contributed by atoms with E-state index in [9.17, 15) is 0 Å². The van der Waals surface area contributed by atoms with Crippen LogP contribution in [-0.2, 0) is 0 Å². The van der Waals surface area contributed by atoms with Crippen molar-refractivity contribution in [2.24, 2.45) is 0 Å². The Morgan fingerprint density at radius 1 is 1.30 bits per heavy atom. The Morgan fingerprint density at radius 3 is 2.40 bits per heavy atom. The van der Waals surface area contributed by atoms with Crippen LogP contribution >= 0.6 is 23.4 Å². The van der Waals surface area contributed by atoms with Crippen LogP contribution in [0.25, 0.3) is 0 Å². The summed E-state index contributed by atoms with van der Waals surface area (Å²) >= 11 is 6.75. The van der Waals surface area contributed by atoms with Gasteiger partial charge in [-0.1, -0.05) is 11.6 Å². The van der Waals surface area contributed by atoms with Gasteiger partial charge in [-0.2, -0.15) is 5.26 Å². The van der Waals surface area contributed by atoms with E-state index in [1.807, 2.05) is 17.5 Å². The molecule has 1 rings (SSSR count). The summed E-state index contributed by atoms with van der Waals surface area (Å²) in [6.45, 7) is 0. The Kier molecular flexibility index (Phi) is 2.61. The Hall–Kier alpha value is -0.650. The van der Waals surface area contributed by atoms with Gasteiger partial charge in [0.05, 0.1) is 0 Å². The molecule has 1 aromatic carbocycles. The van der Waals surface area contributed by atoms with Gasteiger partial charge in [-0.3, -0.25) is 0 Å². The van der Waals surface area contributed by atoms with Crippen molar-refractivity contribution in [3.05, 3.63) is 29.3 Å². The van der Waals surface area contributed by atoms with E-state index in [-0.39, 0.29) is 0 Å². The van der Waals surface area contributed by atoms with Crippen LogP contribution in [-0.4, -0.2) is 0 Å². The van der Waals surface area contributed by atoms with Crippen molar-refractivity contribution in [1.82, 2.24) is 0 Å². The van der Waals surface area contributed by atoms with E-state index in [1.165, 1.54) is 0 Å². The molecule has 0 saturated heterocycles. The second kappa shape index (κ2) is 3.50. The first kappa shape index (κ1) is 7.46. The molecule has 0 aliphatic heterocycles. The summed E-state index contributed by atoms with van der Waals surface area (Å²) < 4.78 is 0. The molecule has 3 heteroatoms. The van der Waals surface area contributed by atoms with Gasteiger partial charge in [0.15, 0.2) is 0 Å². The molecule has 1 aromatic rings. The third-order valence-corrected chi connectivity index (χ3v) is 1.83. The van der Waals surface area contributed by atoms with Gasteiger partial charge in [-0.15, -0.1) is 0 Å². The Morgan fingerprint density at radius 2 is 1.90 bits per heavy atom. The first-order chi connectivity index (χ1) is 4.83. The molecule has 0 aliphatic rings. The maximum absolute atomic E-state index is 8.27. The third kappa shape index (κ3) is 1.94. The minimum atomic E-state index is 0.697. The monoisotopic (exact) mass is 169 g/mol. The molecular weight excluding hydrogens is 166 g/mol. The lowest BCUT2D eigenvalue weighted by Crippen LogP contribution is -1.66. The van der Waals surface area contributed by atoms with E-state index in [0.717, 1.165) is 16.7 Å². The predicted molar refractivity (Wildman–Crippen MR) is 42.9 cm³/mol. The zero-order valence-electron chi connectivity index (χ0n) is 5.04. The lowest BCUT2D eigenvalue weighted by molar-refractivity contribution is 1.47. The molecule has 1 nitrogen and oxygen atoms in total. The van der Waals surface area contributed by atoms with Gasteiger partial charge in [0.2, 0.25) is 0 Å². The molecule has 0 fully saturated rings. The largest absolute Gasteiger partial charge is 0.185 e. The van der Waals surface area contributed by atoms with Crippen molar-refractivity contribution in [2.75, 3.05) is 0 Å². The summed E-state index contributed by atoms with van der Waals surface area (Å²) in [7, 11) is 0. The standard InChI is InChI=1S/C7H4ClNS/c8-6-1-3-7(4-2-6)10-5-9/h1-4H.